The van der Waals surface area contributed by atoms with Crippen molar-refractivity contribution in [2.24, 2.45) is 0 Å². The first-order valence-electron chi connectivity index (χ1n) is 8.66. The Hall–Kier alpha value is -3.47. The summed E-state index contributed by atoms with van der Waals surface area (Å²) >= 11 is 0. The van der Waals surface area contributed by atoms with Crippen LogP contribution in [0.1, 0.15) is 16.1 Å². The number of fused-ring (bicyclic) bond motifs is 1. The summed E-state index contributed by atoms with van der Waals surface area (Å²) in [5.74, 6) is -0.197. The predicted molar refractivity (Wildman–Crippen MR) is 102 cm³/mol. The van der Waals surface area contributed by atoms with E-state index in [0.29, 0.717) is 24.3 Å². The molecule has 5 heteroatoms. The number of rotatable bonds is 5. The maximum absolute atomic E-state index is 13.7. The van der Waals surface area contributed by atoms with E-state index in [4.69, 9.17) is 4.42 Å². The third-order valence-electron chi connectivity index (χ3n) is 4.43. The molecule has 0 aliphatic carbocycles. The molecule has 0 radical (unpaired) electrons. The topological polar surface area (TPSA) is 55.1 Å². The summed E-state index contributed by atoms with van der Waals surface area (Å²) in [5, 5.41) is 4.94. The predicted octanol–water partition coefficient (Wildman–Crippen LogP) is 4.61. The lowest BCUT2D eigenvalue weighted by Gasteiger charge is -2.06. The number of benzene rings is 3. The standard InChI is InChI=1S/C22H17FN2O2/c23-19-8-4-3-6-16(19)11-12-24-22(26)20-21(27-14-25-20)18-10-9-15-5-1-2-7-17(15)13-18/h1-10,13-14H,11-12H2,(H,24,26). The van der Waals surface area contributed by atoms with Crippen molar-refractivity contribution < 1.29 is 13.6 Å². The van der Waals surface area contributed by atoms with Crippen LogP contribution in [-0.2, 0) is 6.42 Å². The van der Waals surface area contributed by atoms with Crippen molar-refractivity contribution in [1.29, 1.82) is 0 Å². The van der Waals surface area contributed by atoms with Gasteiger partial charge in [-0.1, -0.05) is 54.6 Å². The first kappa shape index (κ1) is 17.0. The zero-order valence-electron chi connectivity index (χ0n) is 14.5. The van der Waals surface area contributed by atoms with Gasteiger partial charge < -0.3 is 9.73 Å². The van der Waals surface area contributed by atoms with E-state index in [0.717, 1.165) is 16.3 Å². The van der Waals surface area contributed by atoms with Gasteiger partial charge in [-0.05, 0) is 34.9 Å². The van der Waals surface area contributed by atoms with E-state index in [1.165, 1.54) is 12.5 Å². The van der Waals surface area contributed by atoms with Crippen LogP contribution in [0.3, 0.4) is 0 Å². The summed E-state index contributed by atoms with van der Waals surface area (Å²) in [6.07, 6.45) is 1.66. The van der Waals surface area contributed by atoms with Gasteiger partial charge in [0, 0.05) is 12.1 Å². The van der Waals surface area contributed by atoms with Gasteiger partial charge in [-0.2, -0.15) is 0 Å². The number of hydrogen-bond donors (Lipinski definition) is 1. The Balaban J connectivity index is 1.50. The first-order valence-corrected chi connectivity index (χ1v) is 8.66. The lowest BCUT2D eigenvalue weighted by atomic mass is 10.0. The smallest absolute Gasteiger partial charge is 0.273 e. The van der Waals surface area contributed by atoms with Crippen molar-refractivity contribution in [3.63, 3.8) is 0 Å². The Kier molecular flexibility index (Phi) is 4.66. The molecule has 0 saturated carbocycles. The van der Waals surface area contributed by atoms with Gasteiger partial charge >= 0.3 is 0 Å². The quantitative estimate of drug-likeness (QED) is 0.566. The van der Waals surface area contributed by atoms with Crippen LogP contribution >= 0.6 is 0 Å². The van der Waals surface area contributed by atoms with Crippen molar-refractivity contribution in [2.45, 2.75) is 6.42 Å². The van der Waals surface area contributed by atoms with Crippen LogP contribution in [0, 0.1) is 5.82 Å². The third kappa shape index (κ3) is 3.58. The van der Waals surface area contributed by atoms with Crippen molar-refractivity contribution in [1.82, 2.24) is 10.3 Å². The molecular formula is C22H17FN2O2. The van der Waals surface area contributed by atoms with Crippen molar-refractivity contribution in [2.75, 3.05) is 6.54 Å². The second kappa shape index (κ2) is 7.41. The molecule has 27 heavy (non-hydrogen) atoms. The number of nitrogens with one attached hydrogen (secondary N) is 1. The Bertz CT molecular complexity index is 1100. The fraction of sp³-hybridized carbons (Fsp3) is 0.0909. The molecule has 134 valence electrons. The molecule has 0 unspecified atom stereocenters. The number of carbonyl (C=O) groups excluding carboxylic acids is 1. The van der Waals surface area contributed by atoms with E-state index in [-0.39, 0.29) is 17.4 Å². The van der Waals surface area contributed by atoms with Gasteiger partial charge in [0.05, 0.1) is 0 Å². The zero-order chi connectivity index (χ0) is 18.6. The van der Waals surface area contributed by atoms with Crippen molar-refractivity contribution in [3.8, 4) is 11.3 Å². The minimum atomic E-state index is -0.344. The van der Waals surface area contributed by atoms with Gasteiger partial charge in [-0.15, -0.1) is 0 Å². The zero-order valence-corrected chi connectivity index (χ0v) is 14.5. The molecule has 1 amide bonds. The Morgan fingerprint density at radius 3 is 2.63 bits per heavy atom. The molecule has 0 fully saturated rings. The fourth-order valence-electron chi connectivity index (χ4n) is 3.04. The molecule has 0 saturated heterocycles. The van der Waals surface area contributed by atoms with Gasteiger partial charge in [0.15, 0.2) is 17.8 Å². The van der Waals surface area contributed by atoms with Crippen molar-refractivity contribution >= 4 is 16.7 Å². The molecule has 4 nitrogen and oxygen atoms in total. The average molecular weight is 360 g/mol. The summed E-state index contributed by atoms with van der Waals surface area (Å²) < 4.78 is 19.1. The highest BCUT2D eigenvalue weighted by Gasteiger charge is 2.18. The van der Waals surface area contributed by atoms with Crippen LogP contribution < -0.4 is 5.32 Å². The van der Waals surface area contributed by atoms with Crippen LogP contribution in [0.5, 0.6) is 0 Å². The number of nitrogens with zero attached hydrogens (tertiary/aromatic N) is 1. The molecule has 4 aromatic rings. The van der Waals surface area contributed by atoms with E-state index >= 15 is 0 Å². The number of aromatic nitrogens is 1. The molecule has 0 atom stereocenters. The van der Waals surface area contributed by atoms with Gasteiger partial charge in [0.1, 0.15) is 5.82 Å². The summed E-state index contributed by atoms with van der Waals surface area (Å²) in [7, 11) is 0. The Morgan fingerprint density at radius 1 is 1.00 bits per heavy atom. The summed E-state index contributed by atoms with van der Waals surface area (Å²) in [6, 6.07) is 20.3. The van der Waals surface area contributed by atoms with Gasteiger partial charge in [0.2, 0.25) is 0 Å². The Labute approximate surface area is 155 Å². The van der Waals surface area contributed by atoms with E-state index < -0.39 is 0 Å². The normalized spacial score (nSPS) is 10.9. The highest BCUT2D eigenvalue weighted by atomic mass is 19.1. The number of hydrogen-bond acceptors (Lipinski definition) is 3. The van der Waals surface area contributed by atoms with E-state index in [9.17, 15) is 9.18 Å². The lowest BCUT2D eigenvalue weighted by molar-refractivity contribution is 0.0950. The van der Waals surface area contributed by atoms with Gasteiger partial charge in [-0.25, -0.2) is 9.37 Å². The molecule has 0 aliphatic rings. The van der Waals surface area contributed by atoms with E-state index in [2.05, 4.69) is 10.3 Å². The molecule has 1 N–H and O–H groups in total. The van der Waals surface area contributed by atoms with Crippen LogP contribution in [0.15, 0.2) is 77.5 Å². The second-order valence-corrected chi connectivity index (χ2v) is 6.19. The van der Waals surface area contributed by atoms with Gasteiger partial charge in [0.25, 0.3) is 5.91 Å². The molecule has 1 aromatic heterocycles. The molecule has 4 rings (SSSR count). The van der Waals surface area contributed by atoms with Crippen LogP contribution in [0.25, 0.3) is 22.1 Å². The second-order valence-electron chi connectivity index (χ2n) is 6.19. The monoisotopic (exact) mass is 360 g/mol. The van der Waals surface area contributed by atoms with E-state index in [1.807, 2.05) is 42.5 Å². The molecule has 3 aromatic carbocycles. The molecular weight excluding hydrogens is 343 g/mol. The summed E-state index contributed by atoms with van der Waals surface area (Å²) in [6.45, 7) is 0.309. The molecule has 0 aliphatic heterocycles. The van der Waals surface area contributed by atoms with Crippen LogP contribution in [0.2, 0.25) is 0 Å². The minimum Gasteiger partial charge on any atom is -0.443 e. The number of halogens is 1. The SMILES string of the molecule is O=C(NCCc1ccccc1F)c1ncoc1-c1ccc2ccccc2c1. The highest BCUT2D eigenvalue weighted by Crippen LogP contribution is 2.27. The maximum Gasteiger partial charge on any atom is 0.273 e. The summed E-state index contributed by atoms with van der Waals surface area (Å²) in [4.78, 5) is 16.6. The number of carbonyl (C=O) groups is 1. The average Bonchev–Trinajstić information content (AvgIpc) is 3.19. The lowest BCUT2D eigenvalue weighted by Crippen LogP contribution is -2.26. The molecule has 1 heterocycles. The van der Waals surface area contributed by atoms with Crippen LogP contribution in [-0.4, -0.2) is 17.4 Å². The minimum absolute atomic E-state index is 0.221. The highest BCUT2D eigenvalue weighted by molar-refractivity contribution is 5.98. The third-order valence-corrected chi connectivity index (χ3v) is 4.43. The number of oxazole rings is 1. The van der Waals surface area contributed by atoms with E-state index in [1.54, 1.807) is 18.2 Å². The van der Waals surface area contributed by atoms with Crippen LogP contribution in [0.4, 0.5) is 4.39 Å². The number of amides is 1. The molecule has 0 spiro atoms. The first-order chi connectivity index (χ1) is 13.2. The van der Waals surface area contributed by atoms with Crippen molar-refractivity contribution in [3.05, 3.63) is 90.2 Å². The Morgan fingerprint density at radius 2 is 1.78 bits per heavy atom. The van der Waals surface area contributed by atoms with Gasteiger partial charge in [-0.3, -0.25) is 4.79 Å². The fourth-order valence-corrected chi connectivity index (χ4v) is 3.04. The largest absolute Gasteiger partial charge is 0.443 e. The summed E-state index contributed by atoms with van der Waals surface area (Å²) in [5.41, 5.74) is 1.57. The molecule has 0 bridgehead atoms. The maximum atomic E-state index is 13.7.